The Morgan fingerprint density at radius 2 is 2.35 bits per heavy atom. The molecule has 3 rings (SSSR count). The van der Waals surface area contributed by atoms with Gasteiger partial charge in [-0.1, -0.05) is 20.8 Å². The lowest BCUT2D eigenvalue weighted by molar-refractivity contribution is 0.106. The Hall–Kier alpha value is -0.450. The van der Waals surface area contributed by atoms with E-state index in [1.54, 1.807) is 0 Å². The van der Waals surface area contributed by atoms with Gasteiger partial charge in [0.15, 0.2) is 0 Å². The summed E-state index contributed by atoms with van der Waals surface area (Å²) in [6, 6.07) is 0.772. The van der Waals surface area contributed by atoms with Gasteiger partial charge in [-0.15, -0.1) is 11.3 Å². The lowest BCUT2D eigenvalue weighted by atomic mass is 9.83. The van der Waals surface area contributed by atoms with E-state index in [2.05, 4.69) is 36.4 Å². The number of rotatable bonds is 4. The predicted octanol–water partition coefficient (Wildman–Crippen LogP) is 3.33. The molecule has 3 heterocycles. The van der Waals surface area contributed by atoms with Gasteiger partial charge in [-0.25, -0.2) is 4.98 Å². The number of hydrogen-bond donors (Lipinski definition) is 1. The second kappa shape index (κ2) is 5.74. The van der Waals surface area contributed by atoms with Crippen LogP contribution in [0.3, 0.4) is 0 Å². The summed E-state index contributed by atoms with van der Waals surface area (Å²) < 4.78 is 0. The number of fused-ring (bicyclic) bond motifs is 1. The van der Waals surface area contributed by atoms with Crippen molar-refractivity contribution in [1.82, 2.24) is 15.2 Å². The Kier molecular flexibility index (Phi) is 4.16. The normalized spacial score (nSPS) is 30.9. The van der Waals surface area contributed by atoms with E-state index >= 15 is 0 Å². The van der Waals surface area contributed by atoms with Crippen molar-refractivity contribution >= 4 is 11.3 Å². The number of nitrogens with zero attached hydrogens (tertiary/aromatic N) is 2. The third kappa shape index (κ3) is 2.53. The third-order valence-electron chi connectivity index (χ3n) is 4.95. The van der Waals surface area contributed by atoms with Crippen molar-refractivity contribution in [2.45, 2.75) is 64.0 Å². The van der Waals surface area contributed by atoms with Gasteiger partial charge in [-0.05, 0) is 44.7 Å². The number of aromatic nitrogens is 1. The van der Waals surface area contributed by atoms with Crippen molar-refractivity contribution in [2.24, 2.45) is 0 Å². The average molecular weight is 293 g/mol. The van der Waals surface area contributed by atoms with E-state index in [-0.39, 0.29) is 5.54 Å². The topological polar surface area (TPSA) is 28.2 Å². The lowest BCUT2D eigenvalue weighted by Gasteiger charge is -2.43. The maximum absolute atomic E-state index is 4.98. The van der Waals surface area contributed by atoms with Gasteiger partial charge in [0.1, 0.15) is 5.01 Å². The summed E-state index contributed by atoms with van der Waals surface area (Å²) in [6.45, 7) is 10.3. The van der Waals surface area contributed by atoms with Crippen LogP contribution in [-0.4, -0.2) is 35.6 Å². The van der Waals surface area contributed by atoms with Crippen molar-refractivity contribution in [3.8, 4) is 0 Å². The van der Waals surface area contributed by atoms with Crippen LogP contribution in [0.25, 0.3) is 0 Å². The summed E-state index contributed by atoms with van der Waals surface area (Å²) in [5, 5.41) is 7.39. The Labute approximate surface area is 126 Å². The zero-order valence-corrected chi connectivity index (χ0v) is 13.8. The zero-order chi connectivity index (χ0) is 14.2. The molecule has 2 saturated heterocycles. The third-order valence-corrected chi connectivity index (χ3v) is 6.01. The smallest absolute Gasteiger partial charge is 0.113 e. The molecule has 0 aromatic carbocycles. The van der Waals surface area contributed by atoms with Crippen LogP contribution in [0.1, 0.15) is 63.1 Å². The van der Waals surface area contributed by atoms with Gasteiger partial charge in [0.2, 0.25) is 0 Å². The maximum atomic E-state index is 4.98. The minimum atomic E-state index is 0.137. The largest absolute Gasteiger partial charge is 0.306 e. The molecule has 0 radical (unpaired) electrons. The Bertz CT molecular complexity index is 456. The number of piperidine rings is 1. The Morgan fingerprint density at radius 1 is 1.50 bits per heavy atom. The van der Waals surface area contributed by atoms with Crippen LogP contribution in [0.5, 0.6) is 0 Å². The highest BCUT2D eigenvalue weighted by Gasteiger charge is 2.43. The molecule has 2 aliphatic rings. The minimum absolute atomic E-state index is 0.137. The van der Waals surface area contributed by atoms with Crippen molar-refractivity contribution in [2.75, 3.05) is 19.6 Å². The van der Waals surface area contributed by atoms with E-state index in [0.29, 0.717) is 5.92 Å². The molecule has 3 nitrogen and oxygen atoms in total. The van der Waals surface area contributed by atoms with Crippen LogP contribution in [0.4, 0.5) is 0 Å². The highest BCUT2D eigenvalue weighted by molar-refractivity contribution is 7.09. The van der Waals surface area contributed by atoms with E-state index in [0.717, 1.165) is 12.6 Å². The zero-order valence-electron chi connectivity index (χ0n) is 13.0. The van der Waals surface area contributed by atoms with Crippen molar-refractivity contribution in [1.29, 1.82) is 0 Å². The van der Waals surface area contributed by atoms with Gasteiger partial charge in [-0.2, -0.15) is 0 Å². The molecule has 1 aromatic rings. The fraction of sp³-hybridized carbons (Fsp3) is 0.812. The standard InChI is InChI=1S/C16H27N3S/c1-4-17-16(15-18-14(11-20-15)12(2)3)7-9-19-8-5-6-13(19)10-16/h11-13,17H,4-10H2,1-3H3. The molecule has 1 N–H and O–H groups in total. The predicted molar refractivity (Wildman–Crippen MR) is 85.4 cm³/mol. The van der Waals surface area contributed by atoms with E-state index in [9.17, 15) is 0 Å². The number of nitrogens with one attached hydrogen (secondary N) is 1. The molecular formula is C16H27N3S. The summed E-state index contributed by atoms with van der Waals surface area (Å²) >= 11 is 1.87. The SMILES string of the molecule is CCNC1(c2nc(C(C)C)cs2)CCN2CCCC2C1. The van der Waals surface area contributed by atoms with Crippen LogP contribution in [0.15, 0.2) is 5.38 Å². The molecule has 2 fully saturated rings. The molecule has 4 heteroatoms. The molecule has 2 atom stereocenters. The molecule has 20 heavy (non-hydrogen) atoms. The van der Waals surface area contributed by atoms with Crippen molar-refractivity contribution < 1.29 is 0 Å². The van der Waals surface area contributed by atoms with E-state index in [1.165, 1.54) is 49.5 Å². The molecule has 0 spiro atoms. The average Bonchev–Trinajstić information content (AvgIpc) is 3.07. The first-order valence-electron chi connectivity index (χ1n) is 8.09. The van der Waals surface area contributed by atoms with E-state index < -0.39 is 0 Å². The van der Waals surface area contributed by atoms with Gasteiger partial charge in [0, 0.05) is 18.0 Å². The molecule has 2 aliphatic heterocycles. The molecule has 2 unspecified atom stereocenters. The second-order valence-electron chi connectivity index (χ2n) is 6.63. The monoisotopic (exact) mass is 293 g/mol. The minimum Gasteiger partial charge on any atom is -0.306 e. The first-order valence-corrected chi connectivity index (χ1v) is 8.97. The second-order valence-corrected chi connectivity index (χ2v) is 7.49. The molecule has 0 bridgehead atoms. The molecule has 0 amide bonds. The highest BCUT2D eigenvalue weighted by atomic mass is 32.1. The van der Waals surface area contributed by atoms with E-state index in [4.69, 9.17) is 4.98 Å². The van der Waals surface area contributed by atoms with Gasteiger partial charge in [0.05, 0.1) is 11.2 Å². The highest BCUT2D eigenvalue weighted by Crippen LogP contribution is 2.41. The van der Waals surface area contributed by atoms with Crippen LogP contribution in [-0.2, 0) is 5.54 Å². The molecular weight excluding hydrogens is 266 g/mol. The Morgan fingerprint density at radius 3 is 3.05 bits per heavy atom. The van der Waals surface area contributed by atoms with Gasteiger partial charge in [0.25, 0.3) is 0 Å². The van der Waals surface area contributed by atoms with Crippen LogP contribution >= 0.6 is 11.3 Å². The fourth-order valence-corrected chi connectivity index (χ4v) is 5.00. The molecule has 112 valence electrons. The van der Waals surface area contributed by atoms with Crippen LogP contribution < -0.4 is 5.32 Å². The summed E-state index contributed by atoms with van der Waals surface area (Å²) in [5.41, 5.74) is 1.40. The van der Waals surface area contributed by atoms with Crippen LogP contribution in [0.2, 0.25) is 0 Å². The van der Waals surface area contributed by atoms with Gasteiger partial charge >= 0.3 is 0 Å². The molecule has 1 aromatic heterocycles. The van der Waals surface area contributed by atoms with Gasteiger partial charge in [-0.3, -0.25) is 0 Å². The maximum Gasteiger partial charge on any atom is 0.113 e. The first-order chi connectivity index (χ1) is 9.64. The number of hydrogen-bond acceptors (Lipinski definition) is 4. The summed E-state index contributed by atoms with van der Waals surface area (Å²) in [6.07, 6.45) is 5.20. The van der Waals surface area contributed by atoms with Crippen LogP contribution in [0, 0.1) is 0 Å². The molecule has 0 saturated carbocycles. The summed E-state index contributed by atoms with van der Waals surface area (Å²) in [5.74, 6) is 0.533. The summed E-state index contributed by atoms with van der Waals surface area (Å²) in [4.78, 5) is 7.66. The lowest BCUT2D eigenvalue weighted by Crippen LogP contribution is -2.53. The Balaban J connectivity index is 1.86. The van der Waals surface area contributed by atoms with Crippen molar-refractivity contribution in [3.05, 3.63) is 16.1 Å². The van der Waals surface area contributed by atoms with Crippen molar-refractivity contribution in [3.63, 3.8) is 0 Å². The molecule has 0 aliphatic carbocycles. The first kappa shape index (κ1) is 14.5. The fourth-order valence-electron chi connectivity index (χ4n) is 3.80. The number of thiazole rings is 1. The quantitative estimate of drug-likeness (QED) is 0.923. The van der Waals surface area contributed by atoms with E-state index in [1.807, 2.05) is 11.3 Å². The summed E-state index contributed by atoms with van der Waals surface area (Å²) in [7, 11) is 0. The van der Waals surface area contributed by atoms with Gasteiger partial charge < -0.3 is 10.2 Å².